The Bertz CT molecular complexity index is 621. The molecule has 2 aliphatic rings. The lowest BCUT2D eigenvalue weighted by atomic mass is 10.0. The van der Waals surface area contributed by atoms with Crippen molar-refractivity contribution in [1.82, 2.24) is 15.2 Å². The summed E-state index contributed by atoms with van der Waals surface area (Å²) < 4.78 is 0. The molecule has 98 valence electrons. The van der Waals surface area contributed by atoms with Crippen molar-refractivity contribution in [2.75, 3.05) is 26.2 Å². The third kappa shape index (κ3) is 1.67. The number of hydrogen-bond acceptors (Lipinski definition) is 2. The highest BCUT2D eigenvalue weighted by atomic mass is 16.2. The van der Waals surface area contributed by atoms with Gasteiger partial charge in [0.1, 0.15) is 0 Å². The summed E-state index contributed by atoms with van der Waals surface area (Å²) in [6.07, 6.45) is 1.85. The van der Waals surface area contributed by atoms with E-state index in [1.54, 1.807) is 0 Å². The smallest absolute Gasteiger partial charge is 0.256 e. The van der Waals surface area contributed by atoms with Crippen molar-refractivity contribution in [2.45, 2.75) is 0 Å². The highest BCUT2D eigenvalue weighted by molar-refractivity contribution is 6.06. The maximum absolute atomic E-state index is 12.6. The maximum atomic E-state index is 12.6. The summed E-state index contributed by atoms with van der Waals surface area (Å²) in [5.41, 5.74) is 1.84. The number of aromatic amines is 1. The summed E-state index contributed by atoms with van der Waals surface area (Å²) in [7, 11) is 0. The number of benzene rings is 1. The molecule has 0 radical (unpaired) electrons. The summed E-state index contributed by atoms with van der Waals surface area (Å²) in [5.74, 6) is 1.47. The number of hydrogen-bond donors (Lipinski definition) is 2. The van der Waals surface area contributed by atoms with Crippen LogP contribution in [0, 0.1) is 11.8 Å². The molecular weight excluding hydrogens is 238 g/mol. The standard InChI is InChI=1S/C15H17N3O/c19-15(18-8-10-5-16-6-11(10)9-18)13-7-17-14-4-2-1-3-12(13)14/h1-4,7,10-11,16-17H,5-6,8-9H2. The molecule has 2 saturated heterocycles. The molecule has 19 heavy (non-hydrogen) atoms. The van der Waals surface area contributed by atoms with Gasteiger partial charge in [0.25, 0.3) is 5.91 Å². The first-order valence-electron chi connectivity index (χ1n) is 6.89. The van der Waals surface area contributed by atoms with E-state index in [1.807, 2.05) is 35.4 Å². The molecule has 3 heterocycles. The van der Waals surface area contributed by atoms with Crippen molar-refractivity contribution in [2.24, 2.45) is 11.8 Å². The molecule has 0 bridgehead atoms. The zero-order valence-corrected chi connectivity index (χ0v) is 10.7. The van der Waals surface area contributed by atoms with Crippen LogP contribution in [0.15, 0.2) is 30.5 Å². The minimum atomic E-state index is 0.173. The molecule has 2 fully saturated rings. The highest BCUT2D eigenvalue weighted by Gasteiger charge is 2.38. The predicted octanol–water partition coefficient (Wildman–Crippen LogP) is 1.46. The number of carbonyl (C=O) groups excluding carboxylic acids is 1. The number of rotatable bonds is 1. The Kier molecular flexibility index (Phi) is 2.38. The normalized spacial score (nSPS) is 26.0. The summed E-state index contributed by atoms with van der Waals surface area (Å²) in [6.45, 7) is 3.91. The molecule has 4 heteroatoms. The van der Waals surface area contributed by atoms with Crippen LogP contribution in [0.3, 0.4) is 0 Å². The number of amides is 1. The topological polar surface area (TPSA) is 48.1 Å². The van der Waals surface area contributed by atoms with Gasteiger partial charge in [-0.3, -0.25) is 4.79 Å². The van der Waals surface area contributed by atoms with Gasteiger partial charge in [0.05, 0.1) is 5.56 Å². The average Bonchev–Trinajstić information content (AvgIpc) is 3.11. The van der Waals surface area contributed by atoms with Gasteiger partial charge in [0.2, 0.25) is 0 Å². The Morgan fingerprint density at radius 2 is 1.89 bits per heavy atom. The van der Waals surface area contributed by atoms with Gasteiger partial charge in [0.15, 0.2) is 0 Å². The Hall–Kier alpha value is -1.81. The van der Waals surface area contributed by atoms with E-state index in [2.05, 4.69) is 10.3 Å². The van der Waals surface area contributed by atoms with E-state index in [0.717, 1.165) is 42.6 Å². The van der Waals surface area contributed by atoms with Crippen LogP contribution >= 0.6 is 0 Å². The van der Waals surface area contributed by atoms with E-state index in [9.17, 15) is 4.79 Å². The van der Waals surface area contributed by atoms with Gasteiger partial charge in [-0.25, -0.2) is 0 Å². The van der Waals surface area contributed by atoms with E-state index < -0.39 is 0 Å². The second-order valence-corrected chi connectivity index (χ2v) is 5.64. The SMILES string of the molecule is O=C(c1c[nH]c2ccccc12)N1CC2CNCC2C1. The third-order valence-electron chi connectivity index (χ3n) is 4.50. The van der Waals surface area contributed by atoms with Crippen molar-refractivity contribution in [3.05, 3.63) is 36.0 Å². The molecule has 2 unspecified atom stereocenters. The number of aromatic nitrogens is 1. The van der Waals surface area contributed by atoms with Crippen molar-refractivity contribution >= 4 is 16.8 Å². The summed E-state index contributed by atoms with van der Waals surface area (Å²) in [6, 6.07) is 7.99. The third-order valence-corrected chi connectivity index (χ3v) is 4.50. The molecule has 1 amide bonds. The number of para-hydroxylation sites is 1. The quantitative estimate of drug-likeness (QED) is 0.810. The molecule has 2 atom stereocenters. The van der Waals surface area contributed by atoms with E-state index >= 15 is 0 Å². The van der Waals surface area contributed by atoms with Crippen molar-refractivity contribution < 1.29 is 4.79 Å². The fourth-order valence-corrected chi connectivity index (χ4v) is 3.44. The second kappa shape index (κ2) is 4.10. The number of nitrogens with zero attached hydrogens (tertiary/aromatic N) is 1. The van der Waals surface area contributed by atoms with Crippen LogP contribution in [-0.2, 0) is 0 Å². The fourth-order valence-electron chi connectivity index (χ4n) is 3.44. The molecule has 1 aromatic carbocycles. The Morgan fingerprint density at radius 3 is 2.68 bits per heavy atom. The second-order valence-electron chi connectivity index (χ2n) is 5.64. The first kappa shape index (κ1) is 11.1. The molecule has 0 spiro atoms. The number of H-pyrrole nitrogens is 1. The molecule has 2 N–H and O–H groups in total. The van der Waals surface area contributed by atoms with Gasteiger partial charge in [-0.2, -0.15) is 0 Å². The van der Waals surface area contributed by atoms with Gasteiger partial charge < -0.3 is 15.2 Å². The number of nitrogens with one attached hydrogen (secondary N) is 2. The van der Waals surface area contributed by atoms with Crippen LogP contribution in [0.4, 0.5) is 0 Å². The highest BCUT2D eigenvalue weighted by Crippen LogP contribution is 2.28. The van der Waals surface area contributed by atoms with Crippen molar-refractivity contribution in [3.8, 4) is 0 Å². The summed E-state index contributed by atoms with van der Waals surface area (Å²) >= 11 is 0. The lowest BCUT2D eigenvalue weighted by Crippen LogP contribution is -2.31. The van der Waals surface area contributed by atoms with Crippen molar-refractivity contribution in [3.63, 3.8) is 0 Å². The zero-order chi connectivity index (χ0) is 12.8. The maximum Gasteiger partial charge on any atom is 0.256 e. The fraction of sp³-hybridized carbons (Fsp3) is 0.400. The van der Waals surface area contributed by atoms with Crippen LogP contribution in [0.2, 0.25) is 0 Å². The van der Waals surface area contributed by atoms with Gasteiger partial charge in [-0.1, -0.05) is 18.2 Å². The van der Waals surface area contributed by atoms with Crippen LogP contribution in [0.1, 0.15) is 10.4 Å². The molecule has 2 aromatic rings. The minimum absolute atomic E-state index is 0.173. The van der Waals surface area contributed by atoms with Gasteiger partial charge >= 0.3 is 0 Å². The summed E-state index contributed by atoms with van der Waals surface area (Å²) in [5, 5.41) is 4.43. The van der Waals surface area contributed by atoms with E-state index in [1.165, 1.54) is 0 Å². The Balaban J connectivity index is 1.64. The van der Waals surface area contributed by atoms with Crippen LogP contribution in [0.25, 0.3) is 10.9 Å². The number of likely N-dealkylation sites (tertiary alicyclic amines) is 1. The molecule has 0 aliphatic carbocycles. The Morgan fingerprint density at radius 1 is 1.16 bits per heavy atom. The van der Waals surface area contributed by atoms with Gasteiger partial charge in [-0.05, 0) is 17.9 Å². The van der Waals surface area contributed by atoms with Crippen LogP contribution < -0.4 is 5.32 Å². The largest absolute Gasteiger partial charge is 0.360 e. The average molecular weight is 255 g/mol. The van der Waals surface area contributed by atoms with Crippen LogP contribution in [-0.4, -0.2) is 42.0 Å². The monoisotopic (exact) mass is 255 g/mol. The molecule has 4 rings (SSSR count). The molecule has 1 aromatic heterocycles. The molecule has 0 saturated carbocycles. The molecule has 2 aliphatic heterocycles. The lowest BCUT2D eigenvalue weighted by Gasteiger charge is -2.17. The lowest BCUT2D eigenvalue weighted by molar-refractivity contribution is 0.0783. The zero-order valence-electron chi connectivity index (χ0n) is 10.7. The van der Waals surface area contributed by atoms with E-state index in [0.29, 0.717) is 11.8 Å². The molecule has 4 nitrogen and oxygen atoms in total. The summed E-state index contributed by atoms with van der Waals surface area (Å²) in [4.78, 5) is 17.8. The van der Waals surface area contributed by atoms with Crippen molar-refractivity contribution in [1.29, 1.82) is 0 Å². The Labute approximate surface area is 111 Å². The first-order valence-corrected chi connectivity index (χ1v) is 6.89. The molecular formula is C15H17N3O. The van der Waals surface area contributed by atoms with E-state index in [4.69, 9.17) is 0 Å². The van der Waals surface area contributed by atoms with Gasteiger partial charge in [0, 0.05) is 43.3 Å². The predicted molar refractivity (Wildman–Crippen MR) is 74.1 cm³/mol. The minimum Gasteiger partial charge on any atom is -0.360 e. The van der Waals surface area contributed by atoms with E-state index in [-0.39, 0.29) is 5.91 Å². The number of fused-ring (bicyclic) bond motifs is 2. The number of carbonyl (C=O) groups is 1. The van der Waals surface area contributed by atoms with Gasteiger partial charge in [-0.15, -0.1) is 0 Å². The van der Waals surface area contributed by atoms with Crippen LogP contribution in [0.5, 0.6) is 0 Å². The first-order chi connectivity index (χ1) is 9.33.